The summed E-state index contributed by atoms with van der Waals surface area (Å²) in [5, 5.41) is 7.07. The quantitative estimate of drug-likeness (QED) is 0.817. The van der Waals surface area contributed by atoms with E-state index in [1.807, 2.05) is 0 Å². The second-order valence-electron chi connectivity index (χ2n) is 4.08. The van der Waals surface area contributed by atoms with Gasteiger partial charge < -0.3 is 5.73 Å². The van der Waals surface area contributed by atoms with Crippen LogP contribution >= 0.6 is 0 Å². The molecular formula is C13H18N4. The molecule has 1 aromatic carbocycles. The molecule has 1 aromatic heterocycles. The van der Waals surface area contributed by atoms with E-state index in [1.54, 1.807) is 0 Å². The molecule has 90 valence electrons. The summed E-state index contributed by atoms with van der Waals surface area (Å²) in [5.41, 5.74) is 8.06. The Morgan fingerprint density at radius 1 is 1.18 bits per heavy atom. The summed E-state index contributed by atoms with van der Waals surface area (Å²) in [4.78, 5) is 4.39. The van der Waals surface area contributed by atoms with Gasteiger partial charge in [0, 0.05) is 12.8 Å². The molecule has 0 amide bonds. The highest BCUT2D eigenvalue weighted by Crippen LogP contribution is 2.08. The molecule has 4 heteroatoms. The monoisotopic (exact) mass is 230 g/mol. The molecule has 3 N–H and O–H groups in total. The molecule has 2 rings (SSSR count). The van der Waals surface area contributed by atoms with Crippen molar-refractivity contribution in [2.45, 2.75) is 26.2 Å². The van der Waals surface area contributed by atoms with Crippen LogP contribution in [0.3, 0.4) is 0 Å². The maximum atomic E-state index is 5.46. The number of H-pyrrole nitrogens is 1. The van der Waals surface area contributed by atoms with Gasteiger partial charge in [0.15, 0.2) is 5.82 Å². The molecule has 0 fully saturated rings. The predicted octanol–water partition coefficient (Wildman–Crippen LogP) is 1.46. The lowest BCUT2D eigenvalue weighted by atomic mass is 10.1. The highest BCUT2D eigenvalue weighted by Gasteiger charge is 2.03. The molecule has 0 spiro atoms. The molecule has 0 saturated heterocycles. The minimum absolute atomic E-state index is 0.586. The molecule has 0 saturated carbocycles. The zero-order valence-corrected chi connectivity index (χ0v) is 10.1. The number of rotatable bonds is 5. The first kappa shape index (κ1) is 11.8. The van der Waals surface area contributed by atoms with Gasteiger partial charge in [0.1, 0.15) is 5.82 Å². The van der Waals surface area contributed by atoms with Gasteiger partial charge in [-0.05, 0) is 24.1 Å². The van der Waals surface area contributed by atoms with Crippen LogP contribution in [0.1, 0.15) is 29.7 Å². The third-order valence-electron chi connectivity index (χ3n) is 2.75. The third kappa shape index (κ3) is 3.14. The van der Waals surface area contributed by atoms with E-state index in [0.29, 0.717) is 6.54 Å². The van der Waals surface area contributed by atoms with Gasteiger partial charge in [-0.15, -0.1) is 0 Å². The number of aromatic amines is 1. The summed E-state index contributed by atoms with van der Waals surface area (Å²) in [5.74, 6) is 1.70. The maximum absolute atomic E-state index is 5.46. The van der Waals surface area contributed by atoms with Crippen molar-refractivity contribution in [3.05, 3.63) is 47.0 Å². The van der Waals surface area contributed by atoms with Crippen molar-refractivity contribution < 1.29 is 0 Å². The topological polar surface area (TPSA) is 67.6 Å². The number of nitrogens with one attached hydrogen (secondary N) is 1. The highest BCUT2D eigenvalue weighted by molar-refractivity contribution is 5.24. The van der Waals surface area contributed by atoms with Gasteiger partial charge in [-0.1, -0.05) is 31.2 Å². The Morgan fingerprint density at radius 2 is 1.88 bits per heavy atom. The maximum Gasteiger partial charge on any atom is 0.151 e. The summed E-state index contributed by atoms with van der Waals surface area (Å²) in [6, 6.07) is 8.60. The zero-order valence-electron chi connectivity index (χ0n) is 10.1. The lowest BCUT2D eigenvalue weighted by Gasteiger charge is -2.00. The summed E-state index contributed by atoms with van der Waals surface area (Å²) in [7, 11) is 0. The number of hydrogen-bond donors (Lipinski definition) is 2. The van der Waals surface area contributed by atoms with Crippen LogP contribution in [0.5, 0.6) is 0 Å². The molecular weight excluding hydrogens is 212 g/mol. The number of hydrogen-bond acceptors (Lipinski definition) is 3. The fourth-order valence-corrected chi connectivity index (χ4v) is 1.74. The fraction of sp³-hybridized carbons (Fsp3) is 0.385. The number of nitrogens with zero attached hydrogens (tertiary/aromatic N) is 2. The van der Waals surface area contributed by atoms with Gasteiger partial charge in [0.05, 0.1) is 0 Å². The molecule has 2 aromatic rings. The Hall–Kier alpha value is -1.68. The van der Waals surface area contributed by atoms with Crippen molar-refractivity contribution in [1.29, 1.82) is 0 Å². The minimum atomic E-state index is 0.586. The number of benzene rings is 1. The molecule has 0 bridgehead atoms. The molecule has 17 heavy (non-hydrogen) atoms. The summed E-state index contributed by atoms with van der Waals surface area (Å²) >= 11 is 0. The third-order valence-corrected chi connectivity index (χ3v) is 2.75. The van der Waals surface area contributed by atoms with E-state index in [4.69, 9.17) is 5.73 Å². The van der Waals surface area contributed by atoms with Crippen molar-refractivity contribution in [3.8, 4) is 0 Å². The molecule has 0 aliphatic carbocycles. The second-order valence-corrected chi connectivity index (χ2v) is 4.08. The van der Waals surface area contributed by atoms with Crippen molar-refractivity contribution in [2.75, 3.05) is 6.54 Å². The van der Waals surface area contributed by atoms with Crippen LogP contribution in [-0.2, 0) is 19.3 Å². The van der Waals surface area contributed by atoms with Crippen LogP contribution in [0.15, 0.2) is 24.3 Å². The van der Waals surface area contributed by atoms with Gasteiger partial charge in [0.2, 0.25) is 0 Å². The largest absolute Gasteiger partial charge is 0.330 e. The van der Waals surface area contributed by atoms with E-state index in [0.717, 1.165) is 30.9 Å². The lowest BCUT2D eigenvalue weighted by Crippen LogP contribution is -2.04. The Bertz CT molecular complexity index is 459. The van der Waals surface area contributed by atoms with E-state index < -0.39 is 0 Å². The first-order valence-electron chi connectivity index (χ1n) is 6.00. The molecule has 0 atom stereocenters. The van der Waals surface area contributed by atoms with Crippen LogP contribution in [-0.4, -0.2) is 21.7 Å². The molecule has 0 aliphatic heterocycles. The van der Waals surface area contributed by atoms with Crippen molar-refractivity contribution in [1.82, 2.24) is 15.2 Å². The van der Waals surface area contributed by atoms with E-state index in [-0.39, 0.29) is 0 Å². The van der Waals surface area contributed by atoms with Gasteiger partial charge in [-0.3, -0.25) is 5.10 Å². The summed E-state index contributed by atoms with van der Waals surface area (Å²) in [6.07, 6.45) is 2.59. The van der Waals surface area contributed by atoms with Gasteiger partial charge in [-0.25, -0.2) is 4.98 Å². The normalized spacial score (nSPS) is 10.7. The molecule has 0 aliphatic rings. The Morgan fingerprint density at radius 3 is 2.53 bits per heavy atom. The Labute approximate surface area is 101 Å². The first-order chi connectivity index (χ1) is 8.31. The molecule has 1 heterocycles. The first-order valence-corrected chi connectivity index (χ1v) is 6.00. The van der Waals surface area contributed by atoms with Crippen LogP contribution in [0.2, 0.25) is 0 Å². The second kappa shape index (κ2) is 5.59. The SMILES string of the molecule is CCc1ccc(Cc2nc(CCN)n[nH]2)cc1. The van der Waals surface area contributed by atoms with E-state index >= 15 is 0 Å². The Kier molecular flexibility index (Phi) is 3.88. The number of aromatic nitrogens is 3. The zero-order chi connectivity index (χ0) is 12.1. The smallest absolute Gasteiger partial charge is 0.151 e. The van der Waals surface area contributed by atoms with E-state index in [9.17, 15) is 0 Å². The highest BCUT2D eigenvalue weighted by atomic mass is 15.2. The van der Waals surface area contributed by atoms with Crippen LogP contribution < -0.4 is 5.73 Å². The number of aryl methyl sites for hydroxylation is 1. The standard InChI is InChI=1S/C13H18N4/c1-2-10-3-5-11(6-4-10)9-13-15-12(7-8-14)16-17-13/h3-6H,2,7-9,14H2,1H3,(H,15,16,17). The number of nitrogens with two attached hydrogens (primary N) is 1. The molecule has 0 radical (unpaired) electrons. The summed E-state index contributed by atoms with van der Waals surface area (Å²) in [6.45, 7) is 2.74. The average molecular weight is 230 g/mol. The van der Waals surface area contributed by atoms with Gasteiger partial charge >= 0.3 is 0 Å². The predicted molar refractivity (Wildman–Crippen MR) is 67.8 cm³/mol. The Balaban J connectivity index is 2.03. The van der Waals surface area contributed by atoms with Crippen molar-refractivity contribution in [3.63, 3.8) is 0 Å². The molecule has 0 unspecified atom stereocenters. The van der Waals surface area contributed by atoms with Crippen molar-refractivity contribution >= 4 is 0 Å². The van der Waals surface area contributed by atoms with Crippen molar-refractivity contribution in [2.24, 2.45) is 5.73 Å². The van der Waals surface area contributed by atoms with Crippen LogP contribution in [0.25, 0.3) is 0 Å². The average Bonchev–Trinajstić information content (AvgIpc) is 2.78. The fourth-order valence-electron chi connectivity index (χ4n) is 1.74. The lowest BCUT2D eigenvalue weighted by molar-refractivity contribution is 0.874. The minimum Gasteiger partial charge on any atom is -0.330 e. The van der Waals surface area contributed by atoms with Crippen LogP contribution in [0, 0.1) is 0 Å². The summed E-state index contributed by atoms with van der Waals surface area (Å²) < 4.78 is 0. The molecule has 4 nitrogen and oxygen atoms in total. The van der Waals surface area contributed by atoms with E-state index in [1.165, 1.54) is 11.1 Å². The van der Waals surface area contributed by atoms with E-state index in [2.05, 4.69) is 46.4 Å². The van der Waals surface area contributed by atoms with Gasteiger partial charge in [0.25, 0.3) is 0 Å². The van der Waals surface area contributed by atoms with Gasteiger partial charge in [-0.2, -0.15) is 5.10 Å². The van der Waals surface area contributed by atoms with Crippen LogP contribution in [0.4, 0.5) is 0 Å².